The Balaban J connectivity index is 1.58. The van der Waals surface area contributed by atoms with Gasteiger partial charge in [-0.2, -0.15) is 0 Å². The summed E-state index contributed by atoms with van der Waals surface area (Å²) in [7, 11) is 0. The Morgan fingerprint density at radius 2 is 2.08 bits per heavy atom. The van der Waals surface area contributed by atoms with Crippen LogP contribution in [-0.4, -0.2) is 90.5 Å². The van der Waals surface area contributed by atoms with Crippen molar-refractivity contribution in [2.45, 2.75) is 51.3 Å². The van der Waals surface area contributed by atoms with Crippen LogP contribution < -0.4 is 10.6 Å². The standard InChI is InChI=1S/C17H32N4O4/c1-4-21(11-15(22)23)14-9-13(10-14)19-16(24)18-5-6-20-7-8-25-17(2,3)12-20/h13-14H,4-12H2,1-3H3,(H,22,23)(H2,18,19,24). The molecule has 1 saturated heterocycles. The van der Waals surface area contributed by atoms with Crippen molar-refractivity contribution in [3.8, 4) is 0 Å². The second-order valence-corrected chi connectivity index (χ2v) is 7.56. The number of carboxylic acid groups (broad SMARTS) is 1. The van der Waals surface area contributed by atoms with Gasteiger partial charge in [-0.15, -0.1) is 0 Å². The minimum absolute atomic E-state index is 0.0655. The summed E-state index contributed by atoms with van der Waals surface area (Å²) >= 11 is 0. The molecule has 0 spiro atoms. The number of morpholine rings is 1. The number of rotatable bonds is 8. The van der Waals surface area contributed by atoms with E-state index in [9.17, 15) is 9.59 Å². The van der Waals surface area contributed by atoms with Crippen molar-refractivity contribution < 1.29 is 19.4 Å². The maximum Gasteiger partial charge on any atom is 0.317 e. The number of nitrogens with zero attached hydrogens (tertiary/aromatic N) is 2. The molecule has 3 N–H and O–H groups in total. The van der Waals surface area contributed by atoms with Gasteiger partial charge in [0.05, 0.1) is 18.8 Å². The number of aliphatic carboxylic acids is 1. The maximum absolute atomic E-state index is 12.0. The average Bonchev–Trinajstić information content (AvgIpc) is 2.47. The molecule has 144 valence electrons. The molecule has 0 aromatic heterocycles. The van der Waals surface area contributed by atoms with E-state index in [1.165, 1.54) is 0 Å². The number of carboxylic acids is 1. The highest BCUT2D eigenvalue weighted by atomic mass is 16.5. The lowest BCUT2D eigenvalue weighted by atomic mass is 9.85. The third-order valence-corrected chi connectivity index (χ3v) is 4.93. The van der Waals surface area contributed by atoms with Crippen molar-refractivity contribution in [3.05, 3.63) is 0 Å². The van der Waals surface area contributed by atoms with E-state index in [4.69, 9.17) is 9.84 Å². The second kappa shape index (κ2) is 8.82. The molecular formula is C17H32N4O4. The van der Waals surface area contributed by atoms with Gasteiger partial charge in [-0.25, -0.2) is 4.79 Å². The first-order valence-corrected chi connectivity index (χ1v) is 9.15. The normalized spacial score (nSPS) is 26.1. The van der Waals surface area contributed by atoms with Crippen molar-refractivity contribution in [3.63, 3.8) is 0 Å². The highest BCUT2D eigenvalue weighted by Gasteiger charge is 2.34. The smallest absolute Gasteiger partial charge is 0.317 e. The zero-order valence-electron chi connectivity index (χ0n) is 15.6. The van der Waals surface area contributed by atoms with Crippen LogP contribution in [0.25, 0.3) is 0 Å². The lowest BCUT2D eigenvalue weighted by molar-refractivity contribution is -0.139. The van der Waals surface area contributed by atoms with E-state index >= 15 is 0 Å². The third kappa shape index (κ3) is 6.45. The Morgan fingerprint density at radius 3 is 2.68 bits per heavy atom. The Hall–Kier alpha value is -1.38. The minimum Gasteiger partial charge on any atom is -0.480 e. The Morgan fingerprint density at radius 1 is 1.36 bits per heavy atom. The van der Waals surface area contributed by atoms with Crippen LogP contribution >= 0.6 is 0 Å². The number of hydrogen-bond acceptors (Lipinski definition) is 5. The van der Waals surface area contributed by atoms with Crippen LogP contribution in [-0.2, 0) is 9.53 Å². The largest absolute Gasteiger partial charge is 0.480 e. The predicted molar refractivity (Wildman–Crippen MR) is 94.7 cm³/mol. The molecule has 2 rings (SSSR count). The van der Waals surface area contributed by atoms with Crippen LogP contribution in [0.5, 0.6) is 0 Å². The van der Waals surface area contributed by atoms with Crippen LogP contribution in [0.15, 0.2) is 0 Å². The number of carbonyl (C=O) groups is 2. The van der Waals surface area contributed by atoms with Gasteiger partial charge in [0.15, 0.2) is 0 Å². The third-order valence-electron chi connectivity index (χ3n) is 4.93. The fourth-order valence-electron chi connectivity index (χ4n) is 3.55. The molecule has 0 bridgehead atoms. The zero-order valence-corrected chi connectivity index (χ0v) is 15.6. The molecule has 2 aliphatic rings. The van der Waals surface area contributed by atoms with Gasteiger partial charge in [-0.3, -0.25) is 14.6 Å². The predicted octanol–water partition coefficient (Wildman–Crippen LogP) is 0.334. The summed E-state index contributed by atoms with van der Waals surface area (Å²) < 4.78 is 5.68. The van der Waals surface area contributed by atoms with Gasteiger partial charge in [0.1, 0.15) is 0 Å². The fraction of sp³-hybridized carbons (Fsp3) is 0.882. The van der Waals surface area contributed by atoms with Crippen LogP contribution in [0, 0.1) is 0 Å². The van der Waals surface area contributed by atoms with Gasteiger partial charge in [-0.1, -0.05) is 6.92 Å². The molecule has 1 aliphatic carbocycles. The molecule has 1 heterocycles. The summed E-state index contributed by atoms with van der Waals surface area (Å²) in [5.74, 6) is -0.803. The number of likely N-dealkylation sites (N-methyl/N-ethyl adjacent to an activating group) is 1. The highest BCUT2D eigenvalue weighted by Crippen LogP contribution is 2.25. The summed E-state index contributed by atoms with van der Waals surface area (Å²) in [5, 5.41) is 14.8. The van der Waals surface area contributed by atoms with E-state index in [0.717, 1.165) is 39.1 Å². The molecule has 2 fully saturated rings. The van der Waals surface area contributed by atoms with Gasteiger partial charge in [0, 0.05) is 38.3 Å². The molecule has 0 unspecified atom stereocenters. The number of hydrogen-bond donors (Lipinski definition) is 3. The highest BCUT2D eigenvalue weighted by molar-refractivity contribution is 5.74. The number of carbonyl (C=O) groups excluding carboxylic acids is 1. The fourth-order valence-corrected chi connectivity index (χ4v) is 3.55. The first-order chi connectivity index (χ1) is 11.8. The SMILES string of the molecule is CCN(CC(=O)O)C1CC(NC(=O)NCCN2CCOC(C)(C)C2)C1. The molecule has 0 aromatic rings. The van der Waals surface area contributed by atoms with E-state index in [1.807, 2.05) is 11.8 Å². The number of ether oxygens (including phenoxy) is 1. The molecule has 1 aliphatic heterocycles. The molecule has 0 atom stereocenters. The van der Waals surface area contributed by atoms with Gasteiger partial charge in [0.25, 0.3) is 0 Å². The van der Waals surface area contributed by atoms with Gasteiger partial charge >= 0.3 is 12.0 Å². The van der Waals surface area contributed by atoms with Crippen LogP contribution in [0.4, 0.5) is 4.79 Å². The molecule has 0 radical (unpaired) electrons. The first-order valence-electron chi connectivity index (χ1n) is 9.15. The minimum atomic E-state index is -0.803. The van der Waals surface area contributed by atoms with Crippen molar-refractivity contribution in [1.82, 2.24) is 20.4 Å². The van der Waals surface area contributed by atoms with Crippen molar-refractivity contribution in [2.75, 3.05) is 45.9 Å². The molecule has 2 amide bonds. The quantitative estimate of drug-likeness (QED) is 0.580. The summed E-state index contributed by atoms with van der Waals surface area (Å²) in [5.41, 5.74) is -0.122. The average molecular weight is 356 g/mol. The molecule has 0 aromatic carbocycles. The van der Waals surface area contributed by atoms with E-state index < -0.39 is 5.97 Å². The Bertz CT molecular complexity index is 466. The van der Waals surface area contributed by atoms with E-state index in [1.54, 1.807) is 0 Å². The van der Waals surface area contributed by atoms with Crippen molar-refractivity contribution in [1.29, 1.82) is 0 Å². The number of amides is 2. The van der Waals surface area contributed by atoms with Gasteiger partial charge in [0.2, 0.25) is 0 Å². The van der Waals surface area contributed by atoms with Crippen LogP contribution in [0.2, 0.25) is 0 Å². The molecule has 8 heteroatoms. The lowest BCUT2D eigenvalue weighted by Crippen LogP contribution is -2.57. The van der Waals surface area contributed by atoms with Crippen molar-refractivity contribution >= 4 is 12.0 Å². The van der Waals surface area contributed by atoms with Crippen LogP contribution in [0.3, 0.4) is 0 Å². The molecule has 25 heavy (non-hydrogen) atoms. The van der Waals surface area contributed by atoms with E-state index in [-0.39, 0.29) is 30.3 Å². The number of urea groups is 1. The number of nitrogens with one attached hydrogen (secondary N) is 2. The second-order valence-electron chi connectivity index (χ2n) is 7.56. The summed E-state index contributed by atoms with van der Waals surface area (Å²) in [4.78, 5) is 27.0. The molecule has 8 nitrogen and oxygen atoms in total. The maximum atomic E-state index is 12.0. The zero-order chi connectivity index (χ0) is 18.4. The Kier molecular flexibility index (Phi) is 7.04. The van der Waals surface area contributed by atoms with Crippen LogP contribution in [0.1, 0.15) is 33.6 Å². The van der Waals surface area contributed by atoms with Crippen molar-refractivity contribution in [2.24, 2.45) is 0 Å². The summed E-state index contributed by atoms with van der Waals surface area (Å²) in [6.45, 7) is 10.8. The van der Waals surface area contributed by atoms with E-state index in [2.05, 4.69) is 29.4 Å². The topological polar surface area (TPSA) is 94.1 Å². The molecule has 1 saturated carbocycles. The van der Waals surface area contributed by atoms with E-state index in [0.29, 0.717) is 13.1 Å². The van der Waals surface area contributed by atoms with Gasteiger partial charge < -0.3 is 20.5 Å². The van der Waals surface area contributed by atoms with Gasteiger partial charge in [-0.05, 0) is 33.2 Å². The Labute approximate surface area is 149 Å². The first kappa shape index (κ1) is 19.9. The summed E-state index contributed by atoms with van der Waals surface area (Å²) in [6, 6.07) is 0.245. The summed E-state index contributed by atoms with van der Waals surface area (Å²) in [6.07, 6.45) is 1.62. The monoisotopic (exact) mass is 356 g/mol. The molecular weight excluding hydrogens is 324 g/mol. The lowest BCUT2D eigenvalue weighted by Gasteiger charge is -2.42.